The molecule has 0 aliphatic heterocycles. The Balaban J connectivity index is 2.32. The van der Waals surface area contributed by atoms with Crippen LogP contribution in [0.25, 0.3) is 16.7 Å². The lowest BCUT2D eigenvalue weighted by Crippen LogP contribution is -2.01. The molecule has 1 aromatic carbocycles. The van der Waals surface area contributed by atoms with Crippen molar-refractivity contribution in [1.29, 1.82) is 0 Å². The van der Waals surface area contributed by atoms with Crippen LogP contribution in [0.2, 0.25) is 0 Å². The topological polar surface area (TPSA) is 99.9 Å². The highest BCUT2D eigenvalue weighted by molar-refractivity contribution is 5.89. The first-order valence-electron chi connectivity index (χ1n) is 5.51. The van der Waals surface area contributed by atoms with Crippen molar-refractivity contribution in [1.82, 2.24) is 20.1 Å². The van der Waals surface area contributed by atoms with E-state index in [0.29, 0.717) is 11.2 Å². The Morgan fingerprint density at radius 1 is 1.26 bits per heavy atom. The molecule has 0 saturated heterocycles. The molecule has 0 spiro atoms. The van der Waals surface area contributed by atoms with E-state index in [0.717, 1.165) is 11.4 Å². The SMILES string of the molecule is Cc1cc(C)n(-c2ccc([N+](=O)[O-])c3nonc23)n1. The van der Waals surface area contributed by atoms with Crippen molar-refractivity contribution in [2.24, 2.45) is 0 Å². The summed E-state index contributed by atoms with van der Waals surface area (Å²) in [4.78, 5) is 10.4. The zero-order valence-corrected chi connectivity index (χ0v) is 10.2. The van der Waals surface area contributed by atoms with Crippen molar-refractivity contribution >= 4 is 16.7 Å². The average Bonchev–Trinajstić information content (AvgIpc) is 2.94. The fraction of sp³-hybridized carbons (Fsp3) is 0.182. The first kappa shape index (κ1) is 11.3. The van der Waals surface area contributed by atoms with Crippen LogP contribution in [-0.4, -0.2) is 25.0 Å². The van der Waals surface area contributed by atoms with Gasteiger partial charge in [0, 0.05) is 11.8 Å². The van der Waals surface area contributed by atoms with Gasteiger partial charge in [-0.2, -0.15) is 5.10 Å². The highest BCUT2D eigenvalue weighted by Gasteiger charge is 2.21. The lowest BCUT2D eigenvalue weighted by molar-refractivity contribution is -0.383. The van der Waals surface area contributed by atoms with E-state index in [1.165, 1.54) is 6.07 Å². The molecule has 0 bridgehead atoms. The maximum Gasteiger partial charge on any atom is 0.300 e. The van der Waals surface area contributed by atoms with Crippen LogP contribution in [0.5, 0.6) is 0 Å². The van der Waals surface area contributed by atoms with Gasteiger partial charge in [-0.1, -0.05) is 0 Å². The van der Waals surface area contributed by atoms with E-state index in [1.54, 1.807) is 10.7 Å². The monoisotopic (exact) mass is 259 g/mol. The van der Waals surface area contributed by atoms with Gasteiger partial charge in [-0.3, -0.25) is 10.1 Å². The van der Waals surface area contributed by atoms with Gasteiger partial charge in [0.05, 0.1) is 16.3 Å². The first-order chi connectivity index (χ1) is 9.08. The number of nitro groups is 1. The molecule has 96 valence electrons. The molecule has 3 aromatic rings. The minimum absolute atomic E-state index is 0.120. The van der Waals surface area contributed by atoms with Gasteiger partial charge in [0.25, 0.3) is 0 Å². The maximum absolute atomic E-state index is 10.9. The lowest BCUT2D eigenvalue weighted by atomic mass is 10.2. The van der Waals surface area contributed by atoms with Crippen molar-refractivity contribution in [3.8, 4) is 5.69 Å². The predicted octanol–water partition coefficient (Wildman–Crippen LogP) is 1.93. The molecule has 0 N–H and O–H groups in total. The molecule has 3 rings (SSSR count). The van der Waals surface area contributed by atoms with E-state index < -0.39 is 4.92 Å². The van der Waals surface area contributed by atoms with Gasteiger partial charge in [0.1, 0.15) is 0 Å². The minimum Gasteiger partial charge on any atom is -0.258 e. The van der Waals surface area contributed by atoms with Crippen LogP contribution < -0.4 is 0 Å². The molecule has 8 nitrogen and oxygen atoms in total. The highest BCUT2D eigenvalue weighted by atomic mass is 16.6. The number of benzene rings is 1. The summed E-state index contributed by atoms with van der Waals surface area (Å²) in [6.45, 7) is 3.76. The number of hydrogen-bond acceptors (Lipinski definition) is 6. The maximum atomic E-state index is 10.9. The van der Waals surface area contributed by atoms with Crippen LogP contribution >= 0.6 is 0 Å². The van der Waals surface area contributed by atoms with E-state index in [-0.39, 0.29) is 11.2 Å². The Morgan fingerprint density at radius 2 is 2.00 bits per heavy atom. The molecule has 2 aromatic heterocycles. The van der Waals surface area contributed by atoms with Gasteiger partial charge in [-0.25, -0.2) is 9.31 Å². The number of aryl methyl sites for hydroxylation is 2. The van der Waals surface area contributed by atoms with E-state index >= 15 is 0 Å². The summed E-state index contributed by atoms with van der Waals surface area (Å²) < 4.78 is 6.28. The van der Waals surface area contributed by atoms with Gasteiger partial charge >= 0.3 is 5.69 Å². The molecule has 0 aliphatic rings. The zero-order valence-electron chi connectivity index (χ0n) is 10.2. The normalized spacial score (nSPS) is 11.1. The Kier molecular flexibility index (Phi) is 2.31. The summed E-state index contributed by atoms with van der Waals surface area (Å²) in [5, 5.41) is 22.6. The molecule has 2 heterocycles. The Labute approximate surface area is 106 Å². The van der Waals surface area contributed by atoms with Gasteiger partial charge < -0.3 is 0 Å². The number of rotatable bonds is 2. The second-order valence-electron chi connectivity index (χ2n) is 4.16. The Morgan fingerprint density at radius 3 is 2.63 bits per heavy atom. The largest absolute Gasteiger partial charge is 0.300 e. The molecule has 0 radical (unpaired) electrons. The second-order valence-corrected chi connectivity index (χ2v) is 4.16. The van der Waals surface area contributed by atoms with Gasteiger partial charge in [0.2, 0.25) is 5.52 Å². The third kappa shape index (κ3) is 1.65. The van der Waals surface area contributed by atoms with Crippen LogP contribution in [0.1, 0.15) is 11.4 Å². The molecule has 0 amide bonds. The number of non-ortho nitro benzene ring substituents is 1. The summed E-state index contributed by atoms with van der Waals surface area (Å²) in [7, 11) is 0. The van der Waals surface area contributed by atoms with Crippen LogP contribution in [0.3, 0.4) is 0 Å². The minimum atomic E-state index is -0.516. The lowest BCUT2D eigenvalue weighted by Gasteiger charge is -2.03. The molecular weight excluding hydrogens is 250 g/mol. The van der Waals surface area contributed by atoms with E-state index in [4.69, 9.17) is 0 Å². The van der Waals surface area contributed by atoms with Crippen molar-refractivity contribution in [3.05, 3.63) is 39.7 Å². The van der Waals surface area contributed by atoms with Crippen LogP contribution in [0.15, 0.2) is 22.8 Å². The second kappa shape index (κ2) is 3.87. The number of fused-ring (bicyclic) bond motifs is 1. The molecule has 0 fully saturated rings. The van der Waals surface area contributed by atoms with E-state index in [9.17, 15) is 10.1 Å². The van der Waals surface area contributed by atoms with Crippen molar-refractivity contribution in [3.63, 3.8) is 0 Å². The number of hydrogen-bond donors (Lipinski definition) is 0. The summed E-state index contributed by atoms with van der Waals surface area (Å²) in [6.07, 6.45) is 0. The van der Waals surface area contributed by atoms with E-state index in [2.05, 4.69) is 20.0 Å². The van der Waals surface area contributed by atoms with Crippen LogP contribution in [-0.2, 0) is 0 Å². The highest BCUT2D eigenvalue weighted by Crippen LogP contribution is 2.28. The molecule has 19 heavy (non-hydrogen) atoms. The number of nitro benzene ring substituents is 1. The molecule has 0 aliphatic carbocycles. The van der Waals surface area contributed by atoms with Crippen molar-refractivity contribution < 1.29 is 9.55 Å². The third-order valence-electron chi connectivity index (χ3n) is 2.81. The summed E-state index contributed by atoms with van der Waals surface area (Å²) in [5.74, 6) is 0. The van der Waals surface area contributed by atoms with Gasteiger partial charge in [-0.05, 0) is 36.3 Å². The van der Waals surface area contributed by atoms with Crippen molar-refractivity contribution in [2.75, 3.05) is 0 Å². The summed E-state index contributed by atoms with van der Waals surface area (Å²) >= 11 is 0. The fourth-order valence-corrected chi connectivity index (χ4v) is 2.03. The predicted molar refractivity (Wildman–Crippen MR) is 65.1 cm³/mol. The first-order valence-corrected chi connectivity index (χ1v) is 5.51. The molecule has 8 heteroatoms. The molecular formula is C11H9N5O3. The summed E-state index contributed by atoms with van der Waals surface area (Å²) in [6, 6.07) is 4.86. The summed E-state index contributed by atoms with van der Waals surface area (Å²) in [5.41, 5.74) is 2.65. The molecule has 0 atom stereocenters. The standard InChI is InChI=1S/C11H9N5O3/c1-6-5-7(2)15(12-6)8-3-4-9(16(17)18)11-10(8)13-19-14-11/h3-5H,1-2H3. The number of nitrogens with zero attached hydrogens (tertiary/aromatic N) is 5. The van der Waals surface area contributed by atoms with Crippen molar-refractivity contribution in [2.45, 2.75) is 13.8 Å². The zero-order chi connectivity index (χ0) is 13.6. The Hall–Kier alpha value is -2.77. The quantitative estimate of drug-likeness (QED) is 0.515. The van der Waals surface area contributed by atoms with Crippen LogP contribution in [0, 0.1) is 24.0 Å². The molecule has 0 unspecified atom stereocenters. The number of aromatic nitrogens is 4. The smallest absolute Gasteiger partial charge is 0.258 e. The van der Waals surface area contributed by atoms with Gasteiger partial charge in [0.15, 0.2) is 5.52 Å². The Bertz CT molecular complexity index is 789. The van der Waals surface area contributed by atoms with E-state index in [1.807, 2.05) is 19.9 Å². The fourth-order valence-electron chi connectivity index (χ4n) is 2.03. The van der Waals surface area contributed by atoms with Crippen LogP contribution in [0.4, 0.5) is 5.69 Å². The van der Waals surface area contributed by atoms with Gasteiger partial charge in [-0.15, -0.1) is 0 Å². The third-order valence-corrected chi connectivity index (χ3v) is 2.81. The molecule has 0 saturated carbocycles. The average molecular weight is 259 g/mol.